The van der Waals surface area contributed by atoms with Crippen LogP contribution in [0.15, 0.2) is 30.5 Å². The van der Waals surface area contributed by atoms with Crippen molar-refractivity contribution in [3.05, 3.63) is 41.9 Å². The zero-order chi connectivity index (χ0) is 18.6. The molecule has 1 fully saturated rings. The lowest BCUT2D eigenvalue weighted by atomic mass is 10.1. The molecule has 4 rings (SSSR count). The van der Waals surface area contributed by atoms with Crippen LogP contribution in [0.1, 0.15) is 37.1 Å². The molecule has 1 saturated heterocycles. The van der Waals surface area contributed by atoms with Crippen LogP contribution in [0.5, 0.6) is 0 Å². The third-order valence-electron chi connectivity index (χ3n) is 4.75. The summed E-state index contributed by atoms with van der Waals surface area (Å²) in [4.78, 5) is 18.7. The lowest BCUT2D eigenvalue weighted by molar-refractivity contribution is -0.116. The second kappa shape index (κ2) is 7.69. The number of hydrogen-bond donors (Lipinski definition) is 1. The van der Waals surface area contributed by atoms with Crippen molar-refractivity contribution in [2.45, 2.75) is 39.0 Å². The van der Waals surface area contributed by atoms with Crippen molar-refractivity contribution in [2.24, 2.45) is 0 Å². The van der Waals surface area contributed by atoms with Gasteiger partial charge in [0.15, 0.2) is 11.5 Å². The van der Waals surface area contributed by atoms with Crippen LogP contribution >= 0.6 is 0 Å². The maximum atomic E-state index is 12.2. The fraction of sp³-hybridized carbons (Fsp3) is 0.421. The SMILES string of the molecule is Cc1ccnc(NC(=O)CCc2nnc3ccc(N4CCCCC4)nn23)c1. The molecule has 0 bridgehead atoms. The number of pyridine rings is 1. The number of aromatic nitrogens is 5. The quantitative estimate of drug-likeness (QED) is 0.747. The summed E-state index contributed by atoms with van der Waals surface area (Å²) in [5.41, 5.74) is 1.75. The third-order valence-corrected chi connectivity index (χ3v) is 4.75. The molecule has 3 aromatic rings. The Labute approximate surface area is 157 Å². The molecule has 4 heterocycles. The Kier molecular flexibility index (Phi) is 4.95. The van der Waals surface area contributed by atoms with E-state index in [2.05, 4.69) is 25.4 Å². The molecule has 1 aliphatic heterocycles. The maximum Gasteiger partial charge on any atom is 0.225 e. The van der Waals surface area contributed by atoms with Crippen molar-refractivity contribution < 1.29 is 4.79 Å². The van der Waals surface area contributed by atoms with Gasteiger partial charge in [0, 0.05) is 32.1 Å². The van der Waals surface area contributed by atoms with Gasteiger partial charge in [0.1, 0.15) is 11.6 Å². The van der Waals surface area contributed by atoms with Gasteiger partial charge in [0.25, 0.3) is 0 Å². The number of nitrogens with zero attached hydrogens (tertiary/aromatic N) is 6. The van der Waals surface area contributed by atoms with Crippen LogP contribution in [0.2, 0.25) is 0 Å². The van der Waals surface area contributed by atoms with Gasteiger partial charge in [-0.2, -0.15) is 4.52 Å². The monoisotopic (exact) mass is 365 g/mol. The molecule has 0 atom stereocenters. The average molecular weight is 365 g/mol. The molecule has 1 N–H and O–H groups in total. The summed E-state index contributed by atoms with van der Waals surface area (Å²) in [6.07, 6.45) is 6.12. The van der Waals surface area contributed by atoms with Crippen molar-refractivity contribution in [3.8, 4) is 0 Å². The molecule has 0 radical (unpaired) electrons. The minimum absolute atomic E-state index is 0.1000. The highest BCUT2D eigenvalue weighted by atomic mass is 16.1. The van der Waals surface area contributed by atoms with Crippen molar-refractivity contribution >= 4 is 23.2 Å². The first-order chi connectivity index (χ1) is 13.2. The normalized spacial score (nSPS) is 14.5. The lowest BCUT2D eigenvalue weighted by Crippen LogP contribution is -2.30. The Morgan fingerprint density at radius 2 is 2.00 bits per heavy atom. The molecule has 0 unspecified atom stereocenters. The summed E-state index contributed by atoms with van der Waals surface area (Å²) in [6, 6.07) is 7.67. The number of rotatable bonds is 5. The summed E-state index contributed by atoms with van der Waals surface area (Å²) >= 11 is 0. The van der Waals surface area contributed by atoms with Gasteiger partial charge >= 0.3 is 0 Å². The van der Waals surface area contributed by atoms with E-state index in [4.69, 9.17) is 5.10 Å². The summed E-state index contributed by atoms with van der Waals surface area (Å²) in [5, 5.41) is 15.9. The summed E-state index contributed by atoms with van der Waals surface area (Å²) in [6.45, 7) is 4.02. The second-order valence-electron chi connectivity index (χ2n) is 6.89. The van der Waals surface area contributed by atoms with Crippen LogP contribution in [0.4, 0.5) is 11.6 Å². The number of nitrogens with one attached hydrogen (secondary N) is 1. The minimum atomic E-state index is -0.1000. The molecule has 8 nitrogen and oxygen atoms in total. The first-order valence-electron chi connectivity index (χ1n) is 9.38. The van der Waals surface area contributed by atoms with E-state index < -0.39 is 0 Å². The van der Waals surface area contributed by atoms with Crippen LogP contribution in [0, 0.1) is 6.92 Å². The Balaban J connectivity index is 1.44. The van der Waals surface area contributed by atoms with Gasteiger partial charge in [-0.25, -0.2) is 4.98 Å². The van der Waals surface area contributed by atoms with Crippen molar-refractivity contribution in [2.75, 3.05) is 23.3 Å². The molecule has 3 aromatic heterocycles. The number of carbonyl (C=O) groups is 1. The standard InChI is InChI=1S/C19H23N7O/c1-14-9-10-20-15(13-14)21-19(27)8-7-17-23-22-16-5-6-18(24-26(16)17)25-11-3-2-4-12-25/h5-6,9-10,13H,2-4,7-8,11-12H2,1H3,(H,20,21,27). The first-order valence-corrected chi connectivity index (χ1v) is 9.38. The highest BCUT2D eigenvalue weighted by Gasteiger charge is 2.15. The number of hydrogen-bond acceptors (Lipinski definition) is 6. The van der Waals surface area contributed by atoms with E-state index in [1.165, 1.54) is 19.3 Å². The molecule has 1 aliphatic rings. The van der Waals surface area contributed by atoms with Crippen molar-refractivity contribution in [3.63, 3.8) is 0 Å². The van der Waals surface area contributed by atoms with E-state index in [0.717, 1.165) is 24.5 Å². The van der Waals surface area contributed by atoms with Gasteiger partial charge < -0.3 is 10.2 Å². The van der Waals surface area contributed by atoms with E-state index in [-0.39, 0.29) is 5.91 Å². The van der Waals surface area contributed by atoms with Crippen LogP contribution < -0.4 is 10.2 Å². The van der Waals surface area contributed by atoms with Crippen LogP contribution in [-0.2, 0) is 11.2 Å². The number of aryl methyl sites for hydroxylation is 2. The van der Waals surface area contributed by atoms with E-state index in [0.29, 0.717) is 30.1 Å². The molecule has 0 aliphatic carbocycles. The molecule has 27 heavy (non-hydrogen) atoms. The van der Waals surface area contributed by atoms with Gasteiger partial charge in [0.2, 0.25) is 5.91 Å². The highest BCUT2D eigenvalue weighted by molar-refractivity contribution is 5.89. The van der Waals surface area contributed by atoms with Crippen LogP contribution in [-0.4, -0.2) is 43.8 Å². The summed E-state index contributed by atoms with van der Waals surface area (Å²) in [5.74, 6) is 2.10. The van der Waals surface area contributed by atoms with E-state index in [9.17, 15) is 4.79 Å². The third kappa shape index (κ3) is 4.05. The average Bonchev–Trinajstić information content (AvgIpc) is 3.09. The zero-order valence-electron chi connectivity index (χ0n) is 15.4. The first kappa shape index (κ1) is 17.4. The van der Waals surface area contributed by atoms with E-state index in [1.54, 1.807) is 10.7 Å². The fourth-order valence-corrected chi connectivity index (χ4v) is 3.31. The molecular weight excluding hydrogens is 342 g/mol. The van der Waals surface area contributed by atoms with Crippen molar-refractivity contribution in [1.29, 1.82) is 0 Å². The molecule has 0 saturated carbocycles. The summed E-state index contributed by atoms with van der Waals surface area (Å²) in [7, 11) is 0. The second-order valence-corrected chi connectivity index (χ2v) is 6.89. The molecule has 1 amide bonds. The van der Waals surface area contributed by atoms with Gasteiger partial charge in [-0.3, -0.25) is 4.79 Å². The molecule has 0 spiro atoms. The van der Waals surface area contributed by atoms with Crippen LogP contribution in [0.25, 0.3) is 5.65 Å². The molecule has 0 aromatic carbocycles. The smallest absolute Gasteiger partial charge is 0.225 e. The van der Waals surface area contributed by atoms with Gasteiger partial charge in [0.05, 0.1) is 0 Å². The van der Waals surface area contributed by atoms with Gasteiger partial charge in [-0.1, -0.05) is 0 Å². The number of piperidine rings is 1. The van der Waals surface area contributed by atoms with E-state index in [1.807, 2.05) is 31.2 Å². The number of carbonyl (C=O) groups excluding carboxylic acids is 1. The minimum Gasteiger partial charge on any atom is -0.355 e. The fourth-order valence-electron chi connectivity index (χ4n) is 3.31. The van der Waals surface area contributed by atoms with Gasteiger partial charge in [-0.15, -0.1) is 15.3 Å². The predicted octanol–water partition coefficient (Wildman–Crippen LogP) is 2.39. The topological polar surface area (TPSA) is 88.3 Å². The Morgan fingerprint density at radius 3 is 2.81 bits per heavy atom. The predicted molar refractivity (Wildman–Crippen MR) is 103 cm³/mol. The number of anilines is 2. The van der Waals surface area contributed by atoms with E-state index >= 15 is 0 Å². The Hall–Kier alpha value is -3.03. The zero-order valence-corrected chi connectivity index (χ0v) is 15.4. The summed E-state index contributed by atoms with van der Waals surface area (Å²) < 4.78 is 1.75. The highest BCUT2D eigenvalue weighted by Crippen LogP contribution is 2.18. The molecule has 140 valence electrons. The number of fused-ring (bicyclic) bond motifs is 1. The Bertz CT molecular complexity index is 946. The van der Waals surface area contributed by atoms with Gasteiger partial charge in [-0.05, 0) is 56.0 Å². The molecular formula is C19H23N7O. The Morgan fingerprint density at radius 1 is 1.15 bits per heavy atom. The van der Waals surface area contributed by atoms with Crippen molar-refractivity contribution in [1.82, 2.24) is 24.8 Å². The van der Waals surface area contributed by atoms with Crippen LogP contribution in [0.3, 0.4) is 0 Å². The maximum absolute atomic E-state index is 12.2. The largest absolute Gasteiger partial charge is 0.355 e. The molecule has 8 heteroatoms. The number of amides is 1. The lowest BCUT2D eigenvalue weighted by Gasteiger charge is -2.27.